The molecular formula is C13H21N3O. The number of nitrogens with one attached hydrogen (secondary N) is 1. The van der Waals surface area contributed by atoms with Crippen molar-refractivity contribution in [2.45, 2.75) is 25.3 Å². The largest absolute Gasteiger partial charge is 0.384 e. The van der Waals surface area contributed by atoms with Crippen LogP contribution in [0.5, 0.6) is 0 Å². The van der Waals surface area contributed by atoms with Crippen molar-refractivity contribution in [2.24, 2.45) is 5.92 Å². The lowest BCUT2D eigenvalue weighted by Gasteiger charge is -2.19. The summed E-state index contributed by atoms with van der Waals surface area (Å²) in [7, 11) is 2.02. The third-order valence-electron chi connectivity index (χ3n) is 3.38. The molecule has 1 saturated heterocycles. The van der Waals surface area contributed by atoms with Crippen molar-refractivity contribution in [1.29, 1.82) is 0 Å². The minimum Gasteiger partial charge on any atom is -0.384 e. The van der Waals surface area contributed by atoms with E-state index >= 15 is 0 Å². The molecule has 1 aliphatic heterocycles. The van der Waals surface area contributed by atoms with Crippen LogP contribution in [0.25, 0.3) is 0 Å². The fraction of sp³-hybridized carbons (Fsp3) is 0.615. The first kappa shape index (κ1) is 12.3. The zero-order valence-electron chi connectivity index (χ0n) is 10.4. The number of nitrogen functional groups attached to an aromatic ring is 1. The third-order valence-corrected chi connectivity index (χ3v) is 3.38. The average molecular weight is 235 g/mol. The van der Waals surface area contributed by atoms with Gasteiger partial charge < -0.3 is 15.8 Å². The molecule has 0 saturated carbocycles. The number of aromatic nitrogens is 1. The van der Waals surface area contributed by atoms with E-state index in [1.807, 2.05) is 19.2 Å². The predicted octanol–water partition coefficient (Wildman–Crippen LogP) is 1.22. The van der Waals surface area contributed by atoms with Crippen LogP contribution in [-0.2, 0) is 11.2 Å². The number of hydrogen-bond acceptors (Lipinski definition) is 4. The lowest BCUT2D eigenvalue weighted by molar-refractivity contribution is 0.181. The minimum absolute atomic E-state index is 0.489. The molecule has 0 radical (unpaired) electrons. The SMILES string of the molecule is CNC(Cc1ccnc(N)c1)CC1CCOC1. The molecule has 0 bridgehead atoms. The molecule has 2 atom stereocenters. The number of pyridine rings is 1. The van der Waals surface area contributed by atoms with Gasteiger partial charge in [-0.2, -0.15) is 0 Å². The second-order valence-electron chi connectivity index (χ2n) is 4.74. The maximum atomic E-state index is 5.69. The van der Waals surface area contributed by atoms with Gasteiger partial charge in [0.25, 0.3) is 0 Å². The van der Waals surface area contributed by atoms with Gasteiger partial charge in [-0.3, -0.25) is 0 Å². The first-order valence-electron chi connectivity index (χ1n) is 6.23. The van der Waals surface area contributed by atoms with Gasteiger partial charge in [0.1, 0.15) is 5.82 Å². The van der Waals surface area contributed by atoms with Gasteiger partial charge in [0.05, 0.1) is 0 Å². The second-order valence-corrected chi connectivity index (χ2v) is 4.74. The van der Waals surface area contributed by atoms with E-state index in [0.29, 0.717) is 17.8 Å². The molecule has 1 fully saturated rings. The van der Waals surface area contributed by atoms with E-state index < -0.39 is 0 Å². The molecule has 0 amide bonds. The van der Waals surface area contributed by atoms with Crippen molar-refractivity contribution in [3.8, 4) is 0 Å². The van der Waals surface area contributed by atoms with E-state index in [9.17, 15) is 0 Å². The summed E-state index contributed by atoms with van der Waals surface area (Å²) in [5.74, 6) is 1.30. The normalized spacial score (nSPS) is 21.6. The molecule has 17 heavy (non-hydrogen) atoms. The smallest absolute Gasteiger partial charge is 0.123 e. The van der Waals surface area contributed by atoms with Crippen LogP contribution in [0.4, 0.5) is 5.82 Å². The van der Waals surface area contributed by atoms with Crippen molar-refractivity contribution in [1.82, 2.24) is 10.3 Å². The topological polar surface area (TPSA) is 60.2 Å². The van der Waals surface area contributed by atoms with E-state index in [1.165, 1.54) is 18.4 Å². The van der Waals surface area contributed by atoms with Gasteiger partial charge in [-0.25, -0.2) is 4.98 Å². The average Bonchev–Trinajstić information content (AvgIpc) is 2.81. The second kappa shape index (κ2) is 5.98. The number of rotatable bonds is 5. The lowest BCUT2D eigenvalue weighted by Crippen LogP contribution is -2.30. The summed E-state index contributed by atoms with van der Waals surface area (Å²) in [6.45, 7) is 1.83. The first-order valence-corrected chi connectivity index (χ1v) is 6.23. The Morgan fingerprint density at radius 1 is 1.65 bits per heavy atom. The van der Waals surface area contributed by atoms with Crippen LogP contribution in [0.2, 0.25) is 0 Å². The summed E-state index contributed by atoms with van der Waals surface area (Å²) in [4.78, 5) is 4.01. The molecule has 3 N–H and O–H groups in total. The standard InChI is InChI=1S/C13H21N3O/c1-15-12(7-11-3-5-17-9-11)6-10-2-4-16-13(14)8-10/h2,4,8,11-12,15H,3,5-7,9H2,1H3,(H2,14,16). The van der Waals surface area contributed by atoms with Gasteiger partial charge in [-0.1, -0.05) is 0 Å². The van der Waals surface area contributed by atoms with Gasteiger partial charge in [-0.15, -0.1) is 0 Å². The molecule has 0 aliphatic carbocycles. The predicted molar refractivity (Wildman–Crippen MR) is 68.7 cm³/mol. The van der Waals surface area contributed by atoms with Gasteiger partial charge in [0.2, 0.25) is 0 Å². The maximum Gasteiger partial charge on any atom is 0.123 e. The van der Waals surface area contributed by atoms with Gasteiger partial charge in [0.15, 0.2) is 0 Å². The van der Waals surface area contributed by atoms with Crippen LogP contribution in [0.1, 0.15) is 18.4 Å². The molecule has 2 unspecified atom stereocenters. The van der Waals surface area contributed by atoms with E-state index in [4.69, 9.17) is 10.5 Å². The summed E-state index contributed by atoms with van der Waals surface area (Å²) in [6.07, 6.45) is 5.13. The zero-order chi connectivity index (χ0) is 12.1. The Bertz CT molecular complexity index is 350. The highest BCUT2D eigenvalue weighted by Gasteiger charge is 2.20. The number of anilines is 1. The molecule has 4 heteroatoms. The molecule has 0 spiro atoms. The van der Waals surface area contributed by atoms with Crippen LogP contribution in [0.3, 0.4) is 0 Å². The Hall–Kier alpha value is -1.13. The van der Waals surface area contributed by atoms with Crippen molar-refractivity contribution >= 4 is 5.82 Å². The molecule has 4 nitrogen and oxygen atoms in total. The van der Waals surface area contributed by atoms with Crippen molar-refractivity contribution < 1.29 is 4.74 Å². The van der Waals surface area contributed by atoms with Gasteiger partial charge >= 0.3 is 0 Å². The number of nitrogens with zero attached hydrogens (tertiary/aromatic N) is 1. The number of ether oxygens (including phenoxy) is 1. The quantitative estimate of drug-likeness (QED) is 0.805. The van der Waals surface area contributed by atoms with Crippen LogP contribution in [0.15, 0.2) is 18.3 Å². The summed E-state index contributed by atoms with van der Waals surface area (Å²) in [5, 5.41) is 3.38. The molecule has 2 rings (SSSR count). The van der Waals surface area contributed by atoms with Crippen molar-refractivity contribution in [3.63, 3.8) is 0 Å². The third kappa shape index (κ3) is 3.68. The molecule has 1 aromatic heterocycles. The Balaban J connectivity index is 1.90. The van der Waals surface area contributed by atoms with Crippen molar-refractivity contribution in [2.75, 3.05) is 26.0 Å². The maximum absolute atomic E-state index is 5.69. The number of nitrogens with two attached hydrogens (primary N) is 1. The lowest BCUT2D eigenvalue weighted by atomic mass is 9.95. The number of hydrogen-bond donors (Lipinski definition) is 2. The first-order chi connectivity index (χ1) is 8.28. The number of likely N-dealkylation sites (N-methyl/N-ethyl adjacent to an activating group) is 1. The van der Waals surface area contributed by atoms with E-state index in [-0.39, 0.29) is 0 Å². The summed E-state index contributed by atoms with van der Waals surface area (Å²) in [5.41, 5.74) is 6.93. The highest BCUT2D eigenvalue weighted by Crippen LogP contribution is 2.20. The fourth-order valence-electron chi connectivity index (χ4n) is 2.38. The molecule has 1 aliphatic rings. The minimum atomic E-state index is 0.489. The fourth-order valence-corrected chi connectivity index (χ4v) is 2.38. The van der Waals surface area contributed by atoms with Gasteiger partial charge in [0, 0.05) is 25.5 Å². The highest BCUT2D eigenvalue weighted by atomic mass is 16.5. The monoisotopic (exact) mass is 235 g/mol. The summed E-state index contributed by atoms with van der Waals surface area (Å²) in [6, 6.07) is 4.48. The van der Waals surface area contributed by atoms with Crippen LogP contribution in [-0.4, -0.2) is 31.3 Å². The van der Waals surface area contributed by atoms with Crippen LogP contribution >= 0.6 is 0 Å². The van der Waals surface area contributed by atoms with Crippen LogP contribution in [0, 0.1) is 5.92 Å². The molecule has 94 valence electrons. The molecular weight excluding hydrogens is 214 g/mol. The molecule has 1 aromatic rings. The van der Waals surface area contributed by atoms with E-state index in [1.54, 1.807) is 6.20 Å². The zero-order valence-corrected chi connectivity index (χ0v) is 10.4. The Labute approximate surface area is 103 Å². The Morgan fingerprint density at radius 3 is 3.18 bits per heavy atom. The van der Waals surface area contributed by atoms with E-state index in [2.05, 4.69) is 10.3 Å². The van der Waals surface area contributed by atoms with E-state index in [0.717, 1.165) is 19.6 Å². The highest BCUT2D eigenvalue weighted by molar-refractivity contribution is 5.32. The molecule has 0 aromatic carbocycles. The Kier molecular flexibility index (Phi) is 4.34. The van der Waals surface area contributed by atoms with Crippen LogP contribution < -0.4 is 11.1 Å². The van der Waals surface area contributed by atoms with Gasteiger partial charge in [-0.05, 0) is 49.9 Å². The summed E-state index contributed by atoms with van der Waals surface area (Å²) >= 11 is 0. The summed E-state index contributed by atoms with van der Waals surface area (Å²) < 4.78 is 5.41. The Morgan fingerprint density at radius 2 is 2.53 bits per heavy atom. The van der Waals surface area contributed by atoms with Crippen molar-refractivity contribution in [3.05, 3.63) is 23.9 Å². The molecule has 2 heterocycles.